The van der Waals surface area contributed by atoms with Crippen LogP contribution in [-0.4, -0.2) is 47.6 Å². The molecular weight excluding hydrogens is 428 g/mol. The van der Waals surface area contributed by atoms with Gasteiger partial charge in [0.15, 0.2) is 5.12 Å². The van der Waals surface area contributed by atoms with Crippen molar-refractivity contribution in [3.8, 4) is 11.5 Å². The first kappa shape index (κ1) is 24.0. The molecule has 160 valence electrons. The molecule has 0 N–H and O–H groups in total. The predicted molar refractivity (Wildman–Crippen MR) is 126 cm³/mol. The number of carbonyl (C=O) groups is 1. The summed E-state index contributed by atoms with van der Waals surface area (Å²) in [5, 5.41) is 1.07. The van der Waals surface area contributed by atoms with Gasteiger partial charge in [-0.05, 0) is 18.6 Å². The van der Waals surface area contributed by atoms with Gasteiger partial charge in [-0.15, -0.1) is 0 Å². The molecule has 29 heavy (non-hydrogen) atoms. The van der Waals surface area contributed by atoms with Crippen molar-refractivity contribution >= 4 is 51.4 Å². The normalized spacial score (nSPS) is 12.1. The standard InChI is InChI=1S/C21H28O5S3/c1-4-15(2)21(23)29-12-11-28-10-9-27-8-7-25-18-14-20(22)26-19-13-16(24-3)5-6-17(18)19/h5-6,13-15H,4,7-12H2,1-3H3. The van der Waals surface area contributed by atoms with Crippen LogP contribution in [0.15, 0.2) is 33.5 Å². The molecule has 2 aromatic rings. The zero-order chi connectivity index (χ0) is 21.1. The van der Waals surface area contributed by atoms with Gasteiger partial charge in [0.2, 0.25) is 0 Å². The molecule has 8 heteroatoms. The molecule has 1 heterocycles. The lowest BCUT2D eigenvalue weighted by Crippen LogP contribution is -2.06. The third-order valence-corrected chi connectivity index (χ3v) is 7.80. The van der Waals surface area contributed by atoms with E-state index in [2.05, 4.69) is 0 Å². The highest BCUT2D eigenvalue weighted by Crippen LogP contribution is 2.27. The van der Waals surface area contributed by atoms with Crippen molar-refractivity contribution in [1.29, 1.82) is 0 Å². The van der Waals surface area contributed by atoms with Crippen molar-refractivity contribution in [2.45, 2.75) is 20.3 Å². The van der Waals surface area contributed by atoms with Crippen LogP contribution in [0.3, 0.4) is 0 Å². The fourth-order valence-electron chi connectivity index (χ4n) is 2.40. The van der Waals surface area contributed by atoms with Gasteiger partial charge in [-0.2, -0.15) is 23.5 Å². The second kappa shape index (κ2) is 13.1. The summed E-state index contributed by atoms with van der Waals surface area (Å²) < 4.78 is 16.2. The third-order valence-electron chi connectivity index (χ3n) is 4.26. The topological polar surface area (TPSA) is 65.7 Å². The average molecular weight is 457 g/mol. The van der Waals surface area contributed by atoms with Crippen molar-refractivity contribution in [1.82, 2.24) is 0 Å². The van der Waals surface area contributed by atoms with Gasteiger partial charge in [0.1, 0.15) is 17.1 Å². The summed E-state index contributed by atoms with van der Waals surface area (Å²) >= 11 is 5.15. The number of fused-ring (bicyclic) bond motifs is 1. The van der Waals surface area contributed by atoms with Crippen molar-refractivity contribution in [2.24, 2.45) is 5.92 Å². The van der Waals surface area contributed by atoms with Gasteiger partial charge in [-0.1, -0.05) is 25.6 Å². The largest absolute Gasteiger partial charge is 0.497 e. The Labute approximate surface area is 184 Å². The maximum absolute atomic E-state index is 11.7. The third kappa shape index (κ3) is 8.18. The summed E-state index contributed by atoms with van der Waals surface area (Å²) in [5.41, 5.74) is 0.0232. The number of hydrogen-bond donors (Lipinski definition) is 0. The first-order chi connectivity index (χ1) is 14.0. The van der Waals surface area contributed by atoms with Gasteiger partial charge >= 0.3 is 5.63 Å². The smallest absolute Gasteiger partial charge is 0.339 e. The number of methoxy groups -OCH3 is 1. The molecule has 1 atom stereocenters. The molecule has 0 aliphatic carbocycles. The van der Waals surface area contributed by atoms with Gasteiger partial charge < -0.3 is 13.9 Å². The van der Waals surface area contributed by atoms with E-state index in [4.69, 9.17) is 13.9 Å². The van der Waals surface area contributed by atoms with E-state index in [-0.39, 0.29) is 5.92 Å². The highest BCUT2D eigenvalue weighted by Gasteiger charge is 2.10. The first-order valence-corrected chi connectivity index (χ1v) is 12.9. The average Bonchev–Trinajstić information content (AvgIpc) is 2.73. The molecule has 0 fully saturated rings. The number of ether oxygens (including phenoxy) is 2. The monoisotopic (exact) mass is 456 g/mol. The van der Waals surface area contributed by atoms with Crippen LogP contribution in [0, 0.1) is 5.92 Å². The van der Waals surface area contributed by atoms with E-state index in [9.17, 15) is 9.59 Å². The Morgan fingerprint density at radius 3 is 2.55 bits per heavy atom. The second-order valence-corrected chi connectivity index (χ2v) is 9.89. The zero-order valence-electron chi connectivity index (χ0n) is 17.1. The summed E-state index contributed by atoms with van der Waals surface area (Å²) in [6.07, 6.45) is 0.912. The van der Waals surface area contributed by atoms with Crippen molar-refractivity contribution < 1.29 is 18.7 Å². The number of rotatable bonds is 13. The molecule has 5 nitrogen and oxygen atoms in total. The van der Waals surface area contributed by atoms with Crippen LogP contribution in [0.1, 0.15) is 20.3 Å². The molecule has 0 radical (unpaired) electrons. The molecule has 1 aromatic carbocycles. The molecule has 0 spiro atoms. The number of carbonyl (C=O) groups excluding carboxylic acids is 1. The Bertz CT molecular complexity index is 837. The Kier molecular flexibility index (Phi) is 10.9. The Balaban J connectivity index is 1.62. The van der Waals surface area contributed by atoms with E-state index in [0.29, 0.717) is 28.8 Å². The van der Waals surface area contributed by atoms with E-state index in [1.165, 1.54) is 17.8 Å². The van der Waals surface area contributed by atoms with Gasteiger partial charge in [0, 0.05) is 40.7 Å². The molecule has 0 saturated heterocycles. The molecule has 0 bridgehead atoms. The molecule has 0 saturated carbocycles. The van der Waals surface area contributed by atoms with E-state index < -0.39 is 5.63 Å². The summed E-state index contributed by atoms with van der Waals surface area (Å²) in [7, 11) is 1.57. The van der Waals surface area contributed by atoms with Gasteiger partial charge in [-0.3, -0.25) is 4.79 Å². The minimum Gasteiger partial charge on any atom is -0.497 e. The Morgan fingerprint density at radius 2 is 1.83 bits per heavy atom. The van der Waals surface area contributed by atoms with Crippen LogP contribution in [0.4, 0.5) is 0 Å². The Morgan fingerprint density at radius 1 is 1.10 bits per heavy atom. The van der Waals surface area contributed by atoms with E-state index in [1.54, 1.807) is 13.2 Å². The summed E-state index contributed by atoms with van der Waals surface area (Å²) in [6.45, 7) is 4.56. The van der Waals surface area contributed by atoms with Gasteiger partial charge in [-0.25, -0.2) is 4.79 Å². The van der Waals surface area contributed by atoms with E-state index in [1.807, 2.05) is 49.5 Å². The lowest BCUT2D eigenvalue weighted by Gasteiger charge is -2.09. The van der Waals surface area contributed by atoms with Crippen LogP contribution in [-0.2, 0) is 4.79 Å². The van der Waals surface area contributed by atoms with E-state index in [0.717, 1.165) is 40.6 Å². The maximum Gasteiger partial charge on any atom is 0.339 e. The molecular formula is C21H28O5S3. The number of hydrogen-bond acceptors (Lipinski definition) is 8. The molecule has 2 rings (SSSR count). The van der Waals surface area contributed by atoms with Crippen LogP contribution < -0.4 is 15.1 Å². The number of thioether (sulfide) groups is 3. The summed E-state index contributed by atoms with van der Waals surface area (Å²) in [5.74, 6) is 6.16. The maximum atomic E-state index is 11.7. The summed E-state index contributed by atoms with van der Waals surface area (Å²) in [4.78, 5) is 23.5. The molecule has 0 amide bonds. The first-order valence-electron chi connectivity index (χ1n) is 9.62. The van der Waals surface area contributed by atoms with Gasteiger partial charge in [0.25, 0.3) is 0 Å². The van der Waals surface area contributed by atoms with E-state index >= 15 is 0 Å². The van der Waals surface area contributed by atoms with Crippen LogP contribution in [0.5, 0.6) is 11.5 Å². The second-order valence-electron chi connectivity index (χ2n) is 6.34. The van der Waals surface area contributed by atoms with Crippen molar-refractivity contribution in [2.75, 3.05) is 42.5 Å². The molecule has 0 aliphatic rings. The molecule has 0 aliphatic heterocycles. The predicted octanol–water partition coefficient (Wildman–Crippen LogP) is 4.95. The van der Waals surface area contributed by atoms with Gasteiger partial charge in [0.05, 0.1) is 25.2 Å². The number of benzene rings is 1. The lowest BCUT2D eigenvalue weighted by atomic mass is 10.1. The van der Waals surface area contributed by atoms with Crippen molar-refractivity contribution in [3.05, 3.63) is 34.7 Å². The minimum absolute atomic E-state index is 0.163. The highest BCUT2D eigenvalue weighted by molar-refractivity contribution is 8.14. The molecule has 1 aromatic heterocycles. The molecule has 1 unspecified atom stereocenters. The highest BCUT2D eigenvalue weighted by atomic mass is 32.2. The summed E-state index contributed by atoms with van der Waals surface area (Å²) in [6, 6.07) is 6.72. The minimum atomic E-state index is -0.436. The SMILES string of the molecule is CCC(C)C(=O)SCCSCCSCCOc1cc(=O)oc2cc(OC)ccc12. The zero-order valence-corrected chi connectivity index (χ0v) is 19.6. The fraction of sp³-hybridized carbons (Fsp3) is 0.524. The van der Waals surface area contributed by atoms with Crippen LogP contribution >= 0.6 is 35.3 Å². The van der Waals surface area contributed by atoms with Crippen LogP contribution in [0.25, 0.3) is 11.0 Å². The van der Waals surface area contributed by atoms with Crippen molar-refractivity contribution in [3.63, 3.8) is 0 Å². The lowest BCUT2D eigenvalue weighted by molar-refractivity contribution is -0.113. The van der Waals surface area contributed by atoms with Crippen LogP contribution in [0.2, 0.25) is 0 Å². The fourth-order valence-corrected chi connectivity index (χ4v) is 5.41. The quantitative estimate of drug-likeness (QED) is 0.310. The Hall–Kier alpha value is -1.25.